The summed E-state index contributed by atoms with van der Waals surface area (Å²) in [6.45, 7) is 1.78. The predicted molar refractivity (Wildman–Crippen MR) is 91.3 cm³/mol. The number of hydrogen-bond donors (Lipinski definition) is 1. The van der Waals surface area contributed by atoms with Crippen molar-refractivity contribution in [2.75, 3.05) is 14.2 Å². The quantitative estimate of drug-likeness (QED) is 0.811. The standard InChI is InChI=1S/C17H18BrNO5/c1-10-14(17(21)22)8-13(24-10)9-19(2)16(20)7-11-6-12(18)4-5-15(11)23-3/h4-6,8H,7,9H2,1-3H3,(H,21,22). The largest absolute Gasteiger partial charge is 0.496 e. The first kappa shape index (κ1) is 18.1. The predicted octanol–water partition coefficient (Wildman–Crippen LogP) is 3.26. The highest BCUT2D eigenvalue weighted by molar-refractivity contribution is 9.10. The van der Waals surface area contributed by atoms with Gasteiger partial charge in [0.1, 0.15) is 22.8 Å². The molecule has 0 fully saturated rings. The number of benzene rings is 1. The van der Waals surface area contributed by atoms with Crippen LogP contribution in [0.3, 0.4) is 0 Å². The number of aromatic carboxylic acids is 1. The monoisotopic (exact) mass is 395 g/mol. The van der Waals surface area contributed by atoms with Crippen LogP contribution in [-0.2, 0) is 17.8 Å². The van der Waals surface area contributed by atoms with Crippen molar-refractivity contribution in [1.82, 2.24) is 4.90 Å². The second kappa shape index (κ2) is 7.53. The van der Waals surface area contributed by atoms with E-state index in [0.717, 1.165) is 10.0 Å². The molecule has 1 heterocycles. The SMILES string of the molecule is COc1ccc(Br)cc1CC(=O)N(C)Cc1cc(C(=O)O)c(C)o1. The molecule has 0 atom stereocenters. The van der Waals surface area contributed by atoms with Gasteiger partial charge in [0.25, 0.3) is 0 Å². The zero-order valence-electron chi connectivity index (χ0n) is 13.6. The van der Waals surface area contributed by atoms with E-state index in [2.05, 4.69) is 15.9 Å². The van der Waals surface area contributed by atoms with Gasteiger partial charge in [-0.25, -0.2) is 4.79 Å². The molecule has 0 aliphatic rings. The summed E-state index contributed by atoms with van der Waals surface area (Å²) in [5.41, 5.74) is 0.880. The van der Waals surface area contributed by atoms with E-state index in [1.165, 1.54) is 11.0 Å². The van der Waals surface area contributed by atoms with Crippen LogP contribution in [-0.4, -0.2) is 36.0 Å². The van der Waals surface area contributed by atoms with E-state index >= 15 is 0 Å². The molecule has 0 saturated carbocycles. The molecule has 0 unspecified atom stereocenters. The highest BCUT2D eigenvalue weighted by Crippen LogP contribution is 2.24. The minimum Gasteiger partial charge on any atom is -0.496 e. The second-order valence-corrected chi connectivity index (χ2v) is 6.29. The Morgan fingerprint density at radius 2 is 2.04 bits per heavy atom. The lowest BCUT2D eigenvalue weighted by molar-refractivity contribution is -0.129. The van der Waals surface area contributed by atoms with Crippen molar-refractivity contribution in [3.63, 3.8) is 0 Å². The zero-order chi connectivity index (χ0) is 17.9. The average molecular weight is 396 g/mol. The van der Waals surface area contributed by atoms with Crippen LogP contribution in [0.5, 0.6) is 5.75 Å². The van der Waals surface area contributed by atoms with Crippen LogP contribution in [0.2, 0.25) is 0 Å². The lowest BCUT2D eigenvalue weighted by Gasteiger charge is -2.17. The molecule has 0 radical (unpaired) electrons. The van der Waals surface area contributed by atoms with E-state index in [1.54, 1.807) is 27.1 Å². The summed E-state index contributed by atoms with van der Waals surface area (Å²) in [7, 11) is 3.20. The second-order valence-electron chi connectivity index (χ2n) is 5.37. The van der Waals surface area contributed by atoms with Gasteiger partial charge in [-0.3, -0.25) is 4.79 Å². The van der Waals surface area contributed by atoms with Crippen molar-refractivity contribution in [2.45, 2.75) is 19.9 Å². The smallest absolute Gasteiger partial charge is 0.339 e. The lowest BCUT2D eigenvalue weighted by atomic mass is 10.1. The van der Waals surface area contributed by atoms with Gasteiger partial charge in [0.2, 0.25) is 5.91 Å². The number of amides is 1. The summed E-state index contributed by atoms with van der Waals surface area (Å²) in [4.78, 5) is 24.9. The Kier molecular flexibility index (Phi) is 5.66. The maximum Gasteiger partial charge on any atom is 0.339 e. The summed E-state index contributed by atoms with van der Waals surface area (Å²) >= 11 is 3.38. The summed E-state index contributed by atoms with van der Waals surface area (Å²) in [5, 5.41) is 9.04. The van der Waals surface area contributed by atoms with Gasteiger partial charge in [-0.05, 0) is 31.2 Å². The number of methoxy groups -OCH3 is 1. The summed E-state index contributed by atoms with van der Waals surface area (Å²) in [5.74, 6) is 0.226. The van der Waals surface area contributed by atoms with Crippen molar-refractivity contribution < 1.29 is 23.8 Å². The van der Waals surface area contributed by atoms with Gasteiger partial charge in [0.05, 0.1) is 20.1 Å². The van der Waals surface area contributed by atoms with Gasteiger partial charge < -0.3 is 19.2 Å². The lowest BCUT2D eigenvalue weighted by Crippen LogP contribution is -2.27. The van der Waals surface area contributed by atoms with Gasteiger partial charge in [-0.1, -0.05) is 15.9 Å². The van der Waals surface area contributed by atoms with Gasteiger partial charge in [0.15, 0.2) is 0 Å². The van der Waals surface area contributed by atoms with Crippen LogP contribution in [0.15, 0.2) is 33.2 Å². The van der Waals surface area contributed by atoms with Crippen molar-refractivity contribution in [3.8, 4) is 5.75 Å². The fourth-order valence-electron chi connectivity index (χ4n) is 2.34. The van der Waals surface area contributed by atoms with E-state index in [4.69, 9.17) is 14.3 Å². The van der Waals surface area contributed by atoms with Crippen LogP contribution >= 0.6 is 15.9 Å². The van der Waals surface area contributed by atoms with Crippen LogP contribution < -0.4 is 4.74 Å². The average Bonchev–Trinajstić information content (AvgIpc) is 2.88. The molecule has 128 valence electrons. The topological polar surface area (TPSA) is 80.0 Å². The number of furan rings is 1. The van der Waals surface area contributed by atoms with Crippen LogP contribution in [0.1, 0.15) is 27.4 Å². The highest BCUT2D eigenvalue weighted by Gasteiger charge is 2.18. The Balaban J connectivity index is 2.09. The molecule has 2 aromatic rings. The number of likely N-dealkylation sites (N-methyl/N-ethyl adjacent to an activating group) is 1. The fraction of sp³-hybridized carbons (Fsp3) is 0.294. The molecule has 1 N–H and O–H groups in total. The van der Waals surface area contributed by atoms with Gasteiger partial charge in [0, 0.05) is 17.1 Å². The Morgan fingerprint density at radius 3 is 2.62 bits per heavy atom. The van der Waals surface area contributed by atoms with Crippen molar-refractivity contribution >= 4 is 27.8 Å². The van der Waals surface area contributed by atoms with Crippen LogP contribution in [0.4, 0.5) is 0 Å². The zero-order valence-corrected chi connectivity index (χ0v) is 15.2. The van der Waals surface area contributed by atoms with Crippen molar-refractivity contribution in [3.05, 3.63) is 51.4 Å². The number of rotatable bonds is 6. The number of carbonyl (C=O) groups excluding carboxylic acids is 1. The molecular formula is C17H18BrNO5. The third-order valence-corrected chi connectivity index (χ3v) is 4.10. The minimum absolute atomic E-state index is 0.111. The van der Waals surface area contributed by atoms with Crippen LogP contribution in [0.25, 0.3) is 0 Å². The van der Waals surface area contributed by atoms with E-state index in [0.29, 0.717) is 17.3 Å². The molecule has 7 heteroatoms. The Labute approximate surface area is 148 Å². The Bertz CT molecular complexity index is 768. The molecule has 6 nitrogen and oxygen atoms in total. The first-order chi connectivity index (χ1) is 11.3. The third kappa shape index (κ3) is 4.17. The maximum absolute atomic E-state index is 12.4. The minimum atomic E-state index is -1.05. The third-order valence-electron chi connectivity index (χ3n) is 3.60. The van der Waals surface area contributed by atoms with E-state index < -0.39 is 5.97 Å². The van der Waals surface area contributed by atoms with E-state index in [9.17, 15) is 9.59 Å². The number of carboxylic acids is 1. The summed E-state index contributed by atoms with van der Waals surface area (Å²) < 4.78 is 11.5. The van der Waals surface area contributed by atoms with Crippen molar-refractivity contribution in [2.24, 2.45) is 0 Å². The van der Waals surface area contributed by atoms with Gasteiger partial charge >= 0.3 is 5.97 Å². The van der Waals surface area contributed by atoms with Crippen molar-refractivity contribution in [1.29, 1.82) is 0 Å². The number of hydrogen-bond acceptors (Lipinski definition) is 4. The highest BCUT2D eigenvalue weighted by atomic mass is 79.9. The number of nitrogens with zero attached hydrogens (tertiary/aromatic N) is 1. The Morgan fingerprint density at radius 1 is 1.33 bits per heavy atom. The number of ether oxygens (including phenoxy) is 1. The molecule has 0 saturated heterocycles. The Hall–Kier alpha value is -2.28. The van der Waals surface area contributed by atoms with E-state index in [1.807, 2.05) is 12.1 Å². The number of aryl methyl sites for hydroxylation is 1. The molecule has 2 rings (SSSR count). The number of carboxylic acid groups (broad SMARTS) is 1. The molecule has 0 aliphatic heterocycles. The van der Waals surface area contributed by atoms with Gasteiger partial charge in [-0.2, -0.15) is 0 Å². The molecule has 1 amide bonds. The molecule has 1 aromatic carbocycles. The number of halogens is 1. The molecule has 1 aromatic heterocycles. The maximum atomic E-state index is 12.4. The molecular weight excluding hydrogens is 378 g/mol. The summed E-state index contributed by atoms with van der Waals surface area (Å²) in [6.07, 6.45) is 0.171. The van der Waals surface area contributed by atoms with Gasteiger partial charge in [-0.15, -0.1) is 0 Å². The first-order valence-corrected chi connectivity index (χ1v) is 8.00. The summed E-state index contributed by atoms with van der Waals surface area (Å²) in [6, 6.07) is 6.92. The normalized spacial score (nSPS) is 10.5. The molecule has 0 spiro atoms. The first-order valence-electron chi connectivity index (χ1n) is 7.20. The van der Waals surface area contributed by atoms with E-state index in [-0.39, 0.29) is 24.4 Å². The molecule has 0 bridgehead atoms. The fourth-order valence-corrected chi connectivity index (χ4v) is 2.75. The molecule has 24 heavy (non-hydrogen) atoms. The van der Waals surface area contributed by atoms with Crippen LogP contribution in [0, 0.1) is 6.92 Å². The molecule has 0 aliphatic carbocycles. The number of carbonyl (C=O) groups is 2.